The molecule has 4 rings (SSSR count). The Morgan fingerprint density at radius 3 is 2.90 bits per heavy atom. The maximum Gasteiger partial charge on any atom is 0.255 e. The number of fused-ring (bicyclic) bond motifs is 1. The van der Waals surface area contributed by atoms with Gasteiger partial charge in [-0.15, -0.1) is 0 Å². The Morgan fingerprint density at radius 1 is 1.31 bits per heavy atom. The van der Waals surface area contributed by atoms with Crippen LogP contribution in [0, 0.1) is 19.8 Å². The Labute approximate surface area is 171 Å². The normalized spacial score (nSPS) is 18.4. The first kappa shape index (κ1) is 19.4. The molecule has 0 saturated carbocycles. The highest BCUT2D eigenvalue weighted by molar-refractivity contribution is 5.95. The highest BCUT2D eigenvalue weighted by atomic mass is 16.3. The van der Waals surface area contributed by atoms with E-state index in [4.69, 9.17) is 4.42 Å². The van der Waals surface area contributed by atoms with Crippen LogP contribution in [-0.4, -0.2) is 28.2 Å². The number of carbonyl (C=O) groups excluding carboxylic acids is 2. The van der Waals surface area contributed by atoms with E-state index in [0.29, 0.717) is 24.4 Å². The lowest BCUT2D eigenvalue weighted by Crippen LogP contribution is -2.40. The van der Waals surface area contributed by atoms with Gasteiger partial charge in [0.05, 0.1) is 11.8 Å². The van der Waals surface area contributed by atoms with Crippen LogP contribution in [0.5, 0.6) is 0 Å². The lowest BCUT2D eigenvalue weighted by molar-refractivity contribution is -0.136. The van der Waals surface area contributed by atoms with Crippen LogP contribution in [-0.2, 0) is 24.3 Å². The summed E-state index contributed by atoms with van der Waals surface area (Å²) in [6.45, 7) is 5.49. The maximum absolute atomic E-state index is 12.9. The number of nitrogens with one attached hydrogen (secondary N) is 1. The minimum absolute atomic E-state index is 0.108. The largest absolute Gasteiger partial charge is 0.469 e. The molecule has 1 atom stereocenters. The number of rotatable bonds is 4. The van der Waals surface area contributed by atoms with Gasteiger partial charge in [-0.2, -0.15) is 0 Å². The van der Waals surface area contributed by atoms with Crippen LogP contribution in [0.1, 0.15) is 57.8 Å². The molecule has 2 aliphatic rings. The van der Waals surface area contributed by atoms with Crippen LogP contribution in [0.25, 0.3) is 0 Å². The van der Waals surface area contributed by atoms with Gasteiger partial charge in [-0.1, -0.05) is 12.2 Å². The molecular weight excluding hydrogens is 366 g/mol. The number of carbonyl (C=O) groups is 2. The monoisotopic (exact) mass is 393 g/mol. The Kier molecular flexibility index (Phi) is 5.51. The molecule has 0 spiro atoms. The summed E-state index contributed by atoms with van der Waals surface area (Å²) < 4.78 is 5.22. The van der Waals surface area contributed by atoms with E-state index in [1.807, 2.05) is 18.0 Å². The summed E-state index contributed by atoms with van der Waals surface area (Å²) in [6.07, 6.45) is 11.3. The van der Waals surface area contributed by atoms with Gasteiger partial charge in [0.25, 0.3) is 5.91 Å². The molecule has 2 amide bonds. The van der Waals surface area contributed by atoms with Crippen LogP contribution in [0.2, 0.25) is 0 Å². The molecule has 1 aliphatic carbocycles. The molecule has 152 valence electrons. The van der Waals surface area contributed by atoms with Gasteiger partial charge in [-0.25, -0.2) is 0 Å². The third-order valence-electron chi connectivity index (χ3n) is 6.05. The number of aromatic nitrogens is 1. The summed E-state index contributed by atoms with van der Waals surface area (Å²) >= 11 is 0. The fraction of sp³-hybridized carbons (Fsp3) is 0.435. The summed E-state index contributed by atoms with van der Waals surface area (Å²) in [5, 5.41) is 2.99. The average molecular weight is 393 g/mol. The third kappa shape index (κ3) is 3.97. The van der Waals surface area contributed by atoms with Crippen molar-refractivity contribution in [3.8, 4) is 0 Å². The summed E-state index contributed by atoms with van der Waals surface area (Å²) in [5.74, 6) is 0.827. The van der Waals surface area contributed by atoms with E-state index < -0.39 is 0 Å². The van der Waals surface area contributed by atoms with Crippen molar-refractivity contribution >= 4 is 11.8 Å². The zero-order chi connectivity index (χ0) is 20.4. The molecule has 0 radical (unpaired) electrons. The Morgan fingerprint density at radius 2 is 2.17 bits per heavy atom. The second-order valence-corrected chi connectivity index (χ2v) is 7.89. The molecule has 1 aliphatic heterocycles. The Hall–Kier alpha value is -2.89. The Balaban J connectivity index is 1.47. The van der Waals surface area contributed by atoms with Crippen molar-refractivity contribution in [3.63, 3.8) is 0 Å². The standard InChI is InChI=1S/C23H27N3O3/c1-15-21(13-25-22(27)19-9-11-29-16(19)2)20-8-10-26(14-18(20)12-24-15)23(28)17-6-4-3-5-7-17/h3-4,9,11-12,17H,5-8,10,13-14H2,1-2H3,(H,25,27)/t17-/m1/s1. The first-order valence-electron chi connectivity index (χ1n) is 10.3. The van der Waals surface area contributed by atoms with Crippen LogP contribution >= 0.6 is 0 Å². The maximum atomic E-state index is 12.9. The number of hydrogen-bond donors (Lipinski definition) is 1. The van der Waals surface area contributed by atoms with E-state index in [1.54, 1.807) is 13.0 Å². The van der Waals surface area contributed by atoms with Gasteiger partial charge < -0.3 is 14.6 Å². The van der Waals surface area contributed by atoms with E-state index >= 15 is 0 Å². The topological polar surface area (TPSA) is 75.4 Å². The first-order valence-corrected chi connectivity index (χ1v) is 10.3. The molecule has 29 heavy (non-hydrogen) atoms. The van der Waals surface area contributed by atoms with Gasteiger partial charge >= 0.3 is 0 Å². The molecule has 2 aromatic heterocycles. The molecule has 0 aromatic carbocycles. The smallest absolute Gasteiger partial charge is 0.255 e. The summed E-state index contributed by atoms with van der Waals surface area (Å²) in [6, 6.07) is 1.68. The molecule has 0 unspecified atom stereocenters. The number of aryl methyl sites for hydroxylation is 2. The highest BCUT2D eigenvalue weighted by Crippen LogP contribution is 2.27. The summed E-state index contributed by atoms with van der Waals surface area (Å²) in [5.41, 5.74) is 4.84. The molecule has 6 nitrogen and oxygen atoms in total. The van der Waals surface area contributed by atoms with Gasteiger partial charge in [0.2, 0.25) is 5.91 Å². The number of allylic oxidation sites excluding steroid dienone is 2. The number of pyridine rings is 1. The van der Waals surface area contributed by atoms with E-state index in [-0.39, 0.29) is 17.7 Å². The second-order valence-electron chi connectivity index (χ2n) is 7.89. The van der Waals surface area contributed by atoms with Crippen LogP contribution in [0.3, 0.4) is 0 Å². The number of amides is 2. The van der Waals surface area contributed by atoms with Gasteiger partial charge in [-0.05, 0) is 62.3 Å². The van der Waals surface area contributed by atoms with E-state index in [0.717, 1.165) is 49.0 Å². The number of furan rings is 1. The molecule has 3 heterocycles. The molecule has 1 N–H and O–H groups in total. The van der Waals surface area contributed by atoms with Crippen molar-refractivity contribution in [2.24, 2.45) is 5.92 Å². The minimum atomic E-state index is -0.147. The van der Waals surface area contributed by atoms with Gasteiger partial charge in [0.1, 0.15) is 5.76 Å². The molecular formula is C23H27N3O3. The van der Waals surface area contributed by atoms with Crippen LogP contribution in [0.4, 0.5) is 0 Å². The first-order chi connectivity index (χ1) is 14.0. The average Bonchev–Trinajstić information content (AvgIpc) is 3.18. The fourth-order valence-corrected chi connectivity index (χ4v) is 4.31. The fourth-order valence-electron chi connectivity index (χ4n) is 4.31. The van der Waals surface area contributed by atoms with Crippen molar-refractivity contribution in [2.45, 2.75) is 52.6 Å². The zero-order valence-corrected chi connectivity index (χ0v) is 17.0. The van der Waals surface area contributed by atoms with Crippen LogP contribution in [0.15, 0.2) is 35.1 Å². The highest BCUT2D eigenvalue weighted by Gasteiger charge is 2.28. The lowest BCUT2D eigenvalue weighted by atomic mass is 9.90. The van der Waals surface area contributed by atoms with Gasteiger partial charge in [-0.3, -0.25) is 14.6 Å². The van der Waals surface area contributed by atoms with E-state index in [9.17, 15) is 9.59 Å². The van der Waals surface area contributed by atoms with Crippen LogP contribution < -0.4 is 5.32 Å². The second kappa shape index (κ2) is 8.23. The Bertz CT molecular complexity index is 960. The summed E-state index contributed by atoms with van der Waals surface area (Å²) in [4.78, 5) is 31.9. The van der Waals surface area contributed by atoms with Crippen molar-refractivity contribution in [2.75, 3.05) is 6.54 Å². The summed E-state index contributed by atoms with van der Waals surface area (Å²) in [7, 11) is 0. The van der Waals surface area contributed by atoms with Crippen molar-refractivity contribution in [1.82, 2.24) is 15.2 Å². The number of hydrogen-bond acceptors (Lipinski definition) is 4. The molecule has 6 heteroatoms. The van der Waals surface area contributed by atoms with Crippen molar-refractivity contribution in [1.29, 1.82) is 0 Å². The predicted molar refractivity (Wildman–Crippen MR) is 109 cm³/mol. The van der Waals surface area contributed by atoms with Gasteiger partial charge in [0, 0.05) is 37.4 Å². The zero-order valence-electron chi connectivity index (χ0n) is 17.0. The number of nitrogens with zero attached hydrogens (tertiary/aromatic N) is 2. The van der Waals surface area contributed by atoms with E-state index in [2.05, 4.69) is 22.5 Å². The van der Waals surface area contributed by atoms with Gasteiger partial charge in [0.15, 0.2) is 0 Å². The molecule has 2 aromatic rings. The quantitative estimate of drug-likeness (QED) is 0.807. The SMILES string of the molecule is Cc1ncc2c(c1CNC(=O)c1ccoc1C)CCN(C(=O)[C@@H]1CC=CCC1)C2. The molecule has 0 fully saturated rings. The van der Waals surface area contributed by atoms with E-state index in [1.165, 1.54) is 11.8 Å². The van der Waals surface area contributed by atoms with Crippen molar-refractivity contribution < 1.29 is 14.0 Å². The predicted octanol–water partition coefficient (Wildman–Crippen LogP) is 3.46. The van der Waals surface area contributed by atoms with Crippen molar-refractivity contribution in [3.05, 3.63) is 64.4 Å². The lowest BCUT2D eigenvalue weighted by Gasteiger charge is -2.33. The minimum Gasteiger partial charge on any atom is -0.469 e. The third-order valence-corrected chi connectivity index (χ3v) is 6.05. The molecule has 0 bridgehead atoms. The molecule has 0 saturated heterocycles.